The average molecular weight is 307 g/mol. The second-order valence-electron chi connectivity index (χ2n) is 6.68. The van der Waals surface area contributed by atoms with E-state index in [9.17, 15) is 0 Å². The Labute approximate surface area is 131 Å². The highest BCUT2D eigenvalue weighted by atomic mass is 35.5. The van der Waals surface area contributed by atoms with E-state index >= 15 is 0 Å². The van der Waals surface area contributed by atoms with E-state index in [2.05, 4.69) is 56.9 Å². The minimum absolute atomic E-state index is 0.154. The normalized spacial score (nSPS) is 13.5. The third-order valence-electron chi connectivity index (χ3n) is 3.72. The Bertz CT molecular complexity index is 615. The molecule has 0 aliphatic heterocycles. The molecule has 0 fully saturated rings. The van der Waals surface area contributed by atoms with Crippen molar-refractivity contribution in [3.63, 3.8) is 0 Å². The zero-order valence-corrected chi connectivity index (χ0v) is 14.4. The van der Waals surface area contributed by atoms with E-state index < -0.39 is 0 Å². The zero-order chi connectivity index (χ0) is 15.8. The van der Waals surface area contributed by atoms with E-state index in [0.29, 0.717) is 18.1 Å². The van der Waals surface area contributed by atoms with Crippen LogP contribution < -0.4 is 0 Å². The van der Waals surface area contributed by atoms with Crippen LogP contribution in [0.1, 0.15) is 67.0 Å². The van der Waals surface area contributed by atoms with Crippen LogP contribution in [0.25, 0.3) is 0 Å². The number of aromatic nitrogens is 2. The molecule has 0 saturated carbocycles. The molecule has 0 N–H and O–H groups in total. The van der Waals surface area contributed by atoms with Gasteiger partial charge < -0.3 is 4.52 Å². The van der Waals surface area contributed by atoms with Gasteiger partial charge in [-0.05, 0) is 48.4 Å². The highest BCUT2D eigenvalue weighted by molar-refractivity contribution is 6.20. The summed E-state index contributed by atoms with van der Waals surface area (Å²) in [4.78, 5) is 4.35. The highest BCUT2D eigenvalue weighted by Gasteiger charge is 2.18. The van der Waals surface area contributed by atoms with E-state index in [-0.39, 0.29) is 10.8 Å². The van der Waals surface area contributed by atoms with E-state index in [1.807, 2.05) is 6.92 Å². The minimum atomic E-state index is -0.253. The molecular weight excluding hydrogens is 284 g/mol. The fourth-order valence-corrected chi connectivity index (χ4v) is 2.45. The van der Waals surface area contributed by atoms with Crippen LogP contribution in [-0.4, -0.2) is 10.1 Å². The second-order valence-corrected chi connectivity index (χ2v) is 7.33. The molecule has 2 aromatic rings. The number of hydrogen-bond donors (Lipinski definition) is 0. The molecule has 0 amide bonds. The fraction of sp³-hybridized carbons (Fsp3) is 0.529. The number of alkyl halides is 1. The number of benzene rings is 1. The van der Waals surface area contributed by atoms with Crippen molar-refractivity contribution in [2.75, 3.05) is 0 Å². The average Bonchev–Trinajstić information content (AvgIpc) is 2.81. The van der Waals surface area contributed by atoms with Gasteiger partial charge in [0.2, 0.25) is 5.89 Å². The van der Waals surface area contributed by atoms with Gasteiger partial charge in [0.25, 0.3) is 0 Å². The van der Waals surface area contributed by atoms with Gasteiger partial charge >= 0.3 is 0 Å². The Hall–Kier alpha value is -1.35. The minimum Gasteiger partial charge on any atom is -0.338 e. The monoisotopic (exact) mass is 306 g/mol. The Morgan fingerprint density at radius 2 is 1.76 bits per heavy atom. The summed E-state index contributed by atoms with van der Waals surface area (Å²) in [5.41, 5.74) is 5.30. The van der Waals surface area contributed by atoms with Gasteiger partial charge in [0, 0.05) is 6.42 Å². The molecule has 2 rings (SSSR count). The third-order valence-corrected chi connectivity index (χ3v) is 3.91. The van der Waals surface area contributed by atoms with Crippen molar-refractivity contribution in [1.29, 1.82) is 0 Å². The summed E-state index contributed by atoms with van der Waals surface area (Å²) in [7, 11) is 0. The smallest absolute Gasteiger partial charge is 0.244 e. The van der Waals surface area contributed by atoms with Gasteiger partial charge in [-0.3, -0.25) is 0 Å². The van der Waals surface area contributed by atoms with Crippen LogP contribution in [0.3, 0.4) is 0 Å². The number of rotatable bonds is 3. The molecule has 0 aliphatic carbocycles. The molecule has 3 nitrogen and oxygen atoms in total. The van der Waals surface area contributed by atoms with Crippen molar-refractivity contribution in [3.8, 4) is 0 Å². The molecule has 1 aromatic heterocycles. The lowest BCUT2D eigenvalue weighted by molar-refractivity contribution is 0.374. The molecule has 0 saturated heterocycles. The first kappa shape index (κ1) is 16.0. The number of nitrogens with zero attached hydrogens (tertiary/aromatic N) is 2. The van der Waals surface area contributed by atoms with Gasteiger partial charge in [0.1, 0.15) is 5.38 Å². The summed E-state index contributed by atoms with van der Waals surface area (Å²) >= 11 is 5.96. The molecule has 1 atom stereocenters. The quantitative estimate of drug-likeness (QED) is 0.759. The fourth-order valence-electron chi connectivity index (χ4n) is 2.36. The lowest BCUT2D eigenvalue weighted by Gasteiger charge is -2.22. The maximum Gasteiger partial charge on any atom is 0.244 e. The topological polar surface area (TPSA) is 38.9 Å². The largest absolute Gasteiger partial charge is 0.338 e. The van der Waals surface area contributed by atoms with E-state index in [1.165, 1.54) is 22.3 Å². The van der Waals surface area contributed by atoms with Crippen molar-refractivity contribution in [2.24, 2.45) is 0 Å². The molecule has 0 aliphatic rings. The first-order valence-corrected chi connectivity index (χ1v) is 7.69. The van der Waals surface area contributed by atoms with Crippen LogP contribution in [0.4, 0.5) is 0 Å². The predicted octanol–water partition coefficient (Wildman–Crippen LogP) is 4.87. The molecule has 0 bridgehead atoms. The summed E-state index contributed by atoms with van der Waals surface area (Å²) in [5, 5.41) is 3.76. The van der Waals surface area contributed by atoms with Crippen LogP contribution >= 0.6 is 11.6 Å². The van der Waals surface area contributed by atoms with Crippen molar-refractivity contribution in [1.82, 2.24) is 10.1 Å². The standard InChI is InChI=1S/C17H23ClN2O/c1-10-7-13(17(4,5)6)8-11(2)14(10)9-15-19-16(12(3)18)21-20-15/h7-8,12H,9H2,1-6H3. The van der Waals surface area contributed by atoms with Crippen LogP contribution in [-0.2, 0) is 11.8 Å². The molecule has 114 valence electrons. The summed E-state index contributed by atoms with van der Waals surface area (Å²) in [6.45, 7) is 12.8. The van der Waals surface area contributed by atoms with Crippen molar-refractivity contribution in [3.05, 3.63) is 46.1 Å². The Morgan fingerprint density at radius 3 is 2.19 bits per heavy atom. The van der Waals surface area contributed by atoms with Crippen LogP contribution in [0, 0.1) is 13.8 Å². The summed E-state index contributed by atoms with van der Waals surface area (Å²) in [5.74, 6) is 1.17. The van der Waals surface area contributed by atoms with E-state index in [4.69, 9.17) is 16.1 Å². The number of halogens is 1. The zero-order valence-electron chi connectivity index (χ0n) is 13.6. The van der Waals surface area contributed by atoms with Gasteiger partial charge in [-0.1, -0.05) is 38.1 Å². The highest BCUT2D eigenvalue weighted by Crippen LogP contribution is 2.28. The van der Waals surface area contributed by atoms with Crippen molar-refractivity contribution < 1.29 is 4.52 Å². The third kappa shape index (κ3) is 3.65. The summed E-state index contributed by atoms with van der Waals surface area (Å²) in [6, 6.07) is 4.51. The van der Waals surface area contributed by atoms with Crippen LogP contribution in [0.2, 0.25) is 0 Å². The molecule has 21 heavy (non-hydrogen) atoms. The Morgan fingerprint density at radius 1 is 1.19 bits per heavy atom. The Kier molecular flexibility index (Phi) is 4.43. The first-order chi connectivity index (χ1) is 9.68. The molecule has 1 aromatic carbocycles. The lowest BCUT2D eigenvalue weighted by Crippen LogP contribution is -2.12. The van der Waals surface area contributed by atoms with Crippen LogP contribution in [0.15, 0.2) is 16.7 Å². The van der Waals surface area contributed by atoms with Crippen molar-refractivity contribution in [2.45, 2.75) is 58.8 Å². The van der Waals surface area contributed by atoms with Gasteiger partial charge in [-0.2, -0.15) is 4.98 Å². The molecule has 1 unspecified atom stereocenters. The number of aryl methyl sites for hydroxylation is 2. The second kappa shape index (κ2) is 5.80. The predicted molar refractivity (Wildman–Crippen MR) is 86.0 cm³/mol. The summed E-state index contributed by atoms with van der Waals surface area (Å²) < 4.78 is 5.16. The molecule has 1 heterocycles. The van der Waals surface area contributed by atoms with Crippen LogP contribution in [0.5, 0.6) is 0 Å². The molecular formula is C17H23ClN2O. The van der Waals surface area contributed by atoms with E-state index in [0.717, 1.165) is 0 Å². The molecule has 0 radical (unpaired) electrons. The van der Waals surface area contributed by atoms with E-state index in [1.54, 1.807) is 0 Å². The van der Waals surface area contributed by atoms with Gasteiger partial charge in [0.05, 0.1) is 0 Å². The van der Waals surface area contributed by atoms with Crippen molar-refractivity contribution >= 4 is 11.6 Å². The van der Waals surface area contributed by atoms with Gasteiger partial charge in [-0.25, -0.2) is 0 Å². The molecule has 4 heteroatoms. The SMILES string of the molecule is Cc1cc(C(C)(C)C)cc(C)c1Cc1noc(C(C)Cl)n1. The molecule has 0 spiro atoms. The van der Waals surface area contributed by atoms with Gasteiger partial charge in [0.15, 0.2) is 5.82 Å². The first-order valence-electron chi connectivity index (χ1n) is 7.25. The van der Waals surface area contributed by atoms with Gasteiger partial charge in [-0.15, -0.1) is 11.6 Å². The summed E-state index contributed by atoms with van der Waals surface area (Å²) in [6.07, 6.45) is 0.676. The maximum absolute atomic E-state index is 5.96. The lowest BCUT2D eigenvalue weighted by atomic mass is 9.83. The number of hydrogen-bond acceptors (Lipinski definition) is 3. The maximum atomic E-state index is 5.96. The Balaban J connectivity index is 2.32.